The van der Waals surface area contributed by atoms with Crippen molar-refractivity contribution >= 4 is 5.95 Å². The molecule has 1 aromatic rings. The second-order valence-electron chi connectivity index (χ2n) is 6.72. The fourth-order valence-corrected chi connectivity index (χ4v) is 3.78. The molecule has 2 heterocycles. The van der Waals surface area contributed by atoms with Gasteiger partial charge in [0.1, 0.15) is 0 Å². The normalized spacial score (nSPS) is 21.5. The third-order valence-electron chi connectivity index (χ3n) is 5.15. The van der Waals surface area contributed by atoms with Crippen LogP contribution in [0.5, 0.6) is 0 Å². The molecule has 1 unspecified atom stereocenters. The lowest BCUT2D eigenvalue weighted by atomic mass is 9.84. The number of hydrogen-bond donors (Lipinski definition) is 3. The molecule has 0 radical (unpaired) electrons. The quantitative estimate of drug-likeness (QED) is 0.727. The highest BCUT2D eigenvalue weighted by molar-refractivity contribution is 5.24. The standard InChI is InChI=1S/C16H26N4O4/c21-10-13(11-4-2-1-3-5-11)17-14-18-15(22)20(16(23)19-14)12-6-8-24-9-7-12/h11-13,21H,1-10H2,(H2,17,18,19,22,23). The molecule has 0 bridgehead atoms. The molecular formula is C16H26N4O4. The number of aliphatic hydroxyl groups excluding tert-OH is 1. The Balaban J connectivity index is 1.76. The van der Waals surface area contributed by atoms with Gasteiger partial charge in [-0.25, -0.2) is 14.2 Å². The number of H-pyrrole nitrogens is 1. The number of nitrogens with one attached hydrogen (secondary N) is 2. The zero-order valence-electron chi connectivity index (χ0n) is 13.9. The molecule has 24 heavy (non-hydrogen) atoms. The van der Waals surface area contributed by atoms with Crippen molar-refractivity contribution in [2.24, 2.45) is 5.92 Å². The molecule has 3 rings (SSSR count). The molecule has 1 aliphatic carbocycles. The first-order chi connectivity index (χ1) is 11.7. The number of rotatable bonds is 5. The van der Waals surface area contributed by atoms with Crippen LogP contribution in [0, 0.1) is 5.92 Å². The maximum Gasteiger partial charge on any atom is 0.355 e. The SMILES string of the molecule is O=c1nc(NC(CO)C2CCCCC2)[nH]c(=O)n1C1CCOCC1. The Bertz CT molecular complexity index is 613. The van der Waals surface area contributed by atoms with E-state index in [4.69, 9.17) is 4.74 Å². The Morgan fingerprint density at radius 2 is 1.92 bits per heavy atom. The summed E-state index contributed by atoms with van der Waals surface area (Å²) in [5.41, 5.74) is -1.00. The average molecular weight is 338 g/mol. The molecule has 1 saturated heterocycles. The van der Waals surface area contributed by atoms with Crippen LogP contribution in [0.15, 0.2) is 9.59 Å². The van der Waals surface area contributed by atoms with E-state index in [1.54, 1.807) is 0 Å². The maximum absolute atomic E-state index is 12.3. The van der Waals surface area contributed by atoms with E-state index in [2.05, 4.69) is 15.3 Å². The van der Waals surface area contributed by atoms with Crippen molar-refractivity contribution in [1.29, 1.82) is 0 Å². The van der Waals surface area contributed by atoms with Crippen LogP contribution < -0.4 is 16.7 Å². The molecule has 0 aromatic carbocycles. The molecule has 0 spiro atoms. The van der Waals surface area contributed by atoms with Gasteiger partial charge in [0.05, 0.1) is 12.6 Å². The summed E-state index contributed by atoms with van der Waals surface area (Å²) in [6.45, 7) is 1.05. The van der Waals surface area contributed by atoms with E-state index in [1.807, 2.05) is 0 Å². The smallest absolute Gasteiger partial charge is 0.355 e. The molecule has 8 heteroatoms. The molecule has 8 nitrogen and oxygen atoms in total. The van der Waals surface area contributed by atoms with Gasteiger partial charge in [-0.15, -0.1) is 0 Å². The highest BCUT2D eigenvalue weighted by Gasteiger charge is 2.25. The van der Waals surface area contributed by atoms with Crippen LogP contribution >= 0.6 is 0 Å². The first-order valence-corrected chi connectivity index (χ1v) is 8.87. The first kappa shape index (κ1) is 17.2. The summed E-state index contributed by atoms with van der Waals surface area (Å²) in [4.78, 5) is 31.3. The highest BCUT2D eigenvalue weighted by atomic mass is 16.5. The van der Waals surface area contributed by atoms with Crippen LogP contribution in [0.2, 0.25) is 0 Å². The topological polar surface area (TPSA) is 109 Å². The summed E-state index contributed by atoms with van der Waals surface area (Å²) in [7, 11) is 0. The van der Waals surface area contributed by atoms with Crippen molar-refractivity contribution in [1.82, 2.24) is 14.5 Å². The van der Waals surface area contributed by atoms with Crippen molar-refractivity contribution in [3.63, 3.8) is 0 Å². The van der Waals surface area contributed by atoms with Gasteiger partial charge in [0.15, 0.2) is 0 Å². The largest absolute Gasteiger partial charge is 0.394 e. The van der Waals surface area contributed by atoms with E-state index in [-0.39, 0.29) is 24.6 Å². The first-order valence-electron chi connectivity index (χ1n) is 8.87. The molecule has 3 N–H and O–H groups in total. The number of hydrogen-bond acceptors (Lipinski definition) is 6. The van der Waals surface area contributed by atoms with Crippen LogP contribution in [0.1, 0.15) is 51.0 Å². The Morgan fingerprint density at radius 1 is 1.21 bits per heavy atom. The van der Waals surface area contributed by atoms with Crippen LogP contribution in [-0.4, -0.2) is 45.5 Å². The van der Waals surface area contributed by atoms with Gasteiger partial charge in [-0.3, -0.25) is 4.98 Å². The lowest BCUT2D eigenvalue weighted by Crippen LogP contribution is -2.43. The average Bonchev–Trinajstić information content (AvgIpc) is 2.61. The number of anilines is 1. The number of aliphatic hydroxyl groups is 1. The van der Waals surface area contributed by atoms with E-state index >= 15 is 0 Å². The second-order valence-corrected chi connectivity index (χ2v) is 6.72. The zero-order valence-corrected chi connectivity index (χ0v) is 13.9. The molecule has 1 atom stereocenters. The van der Waals surface area contributed by atoms with Crippen molar-refractivity contribution in [3.05, 3.63) is 21.0 Å². The van der Waals surface area contributed by atoms with Crippen molar-refractivity contribution < 1.29 is 9.84 Å². The van der Waals surface area contributed by atoms with E-state index in [1.165, 1.54) is 11.0 Å². The van der Waals surface area contributed by atoms with Gasteiger partial charge in [0.25, 0.3) is 0 Å². The monoisotopic (exact) mass is 338 g/mol. The Labute approximate surface area is 140 Å². The zero-order chi connectivity index (χ0) is 16.9. The second kappa shape index (κ2) is 7.94. The van der Waals surface area contributed by atoms with Gasteiger partial charge in [-0.1, -0.05) is 19.3 Å². The molecule has 2 aliphatic rings. The molecule has 134 valence electrons. The number of nitrogens with zero attached hydrogens (tertiary/aromatic N) is 2. The Morgan fingerprint density at radius 3 is 2.54 bits per heavy atom. The van der Waals surface area contributed by atoms with E-state index in [9.17, 15) is 14.7 Å². The van der Waals surface area contributed by atoms with Crippen LogP contribution in [0.3, 0.4) is 0 Å². The van der Waals surface area contributed by atoms with Gasteiger partial charge >= 0.3 is 11.4 Å². The summed E-state index contributed by atoms with van der Waals surface area (Å²) >= 11 is 0. The minimum atomic E-state index is -0.548. The molecule has 1 aliphatic heterocycles. The van der Waals surface area contributed by atoms with Crippen LogP contribution in [-0.2, 0) is 4.74 Å². The van der Waals surface area contributed by atoms with Crippen LogP contribution in [0.4, 0.5) is 5.95 Å². The van der Waals surface area contributed by atoms with Crippen molar-refractivity contribution in [2.45, 2.75) is 57.0 Å². The summed E-state index contributed by atoms with van der Waals surface area (Å²) in [6, 6.07) is -0.352. The van der Waals surface area contributed by atoms with Crippen molar-refractivity contribution in [2.75, 3.05) is 25.1 Å². The maximum atomic E-state index is 12.3. The third-order valence-corrected chi connectivity index (χ3v) is 5.15. The molecular weight excluding hydrogens is 312 g/mol. The summed E-state index contributed by atoms with van der Waals surface area (Å²) in [5.74, 6) is 0.491. The number of aromatic amines is 1. The summed E-state index contributed by atoms with van der Waals surface area (Å²) in [6.07, 6.45) is 6.89. The highest BCUT2D eigenvalue weighted by Crippen LogP contribution is 2.27. The predicted octanol–water partition coefficient (Wildman–Crippen LogP) is 0.636. The van der Waals surface area contributed by atoms with Crippen molar-refractivity contribution in [3.8, 4) is 0 Å². The minimum Gasteiger partial charge on any atom is -0.394 e. The Hall–Kier alpha value is -1.67. The molecule has 1 aromatic heterocycles. The van der Waals surface area contributed by atoms with E-state index in [0.29, 0.717) is 32.0 Å². The minimum absolute atomic E-state index is 0.0442. The Kier molecular flexibility index (Phi) is 5.68. The van der Waals surface area contributed by atoms with Gasteiger partial charge in [-0.05, 0) is 31.6 Å². The van der Waals surface area contributed by atoms with Gasteiger partial charge in [0.2, 0.25) is 5.95 Å². The molecule has 2 fully saturated rings. The molecule has 0 amide bonds. The van der Waals surface area contributed by atoms with Crippen LogP contribution in [0.25, 0.3) is 0 Å². The number of aromatic nitrogens is 3. The fraction of sp³-hybridized carbons (Fsp3) is 0.812. The van der Waals surface area contributed by atoms with Gasteiger partial charge in [0, 0.05) is 19.3 Å². The summed E-state index contributed by atoms with van der Waals surface area (Å²) in [5, 5.41) is 12.7. The van der Waals surface area contributed by atoms with Gasteiger partial charge < -0.3 is 15.2 Å². The van der Waals surface area contributed by atoms with E-state index in [0.717, 1.165) is 25.7 Å². The van der Waals surface area contributed by atoms with Gasteiger partial charge in [-0.2, -0.15) is 4.98 Å². The predicted molar refractivity (Wildman–Crippen MR) is 89.3 cm³/mol. The lowest BCUT2D eigenvalue weighted by Gasteiger charge is -2.29. The molecule has 1 saturated carbocycles. The number of ether oxygens (including phenoxy) is 1. The van der Waals surface area contributed by atoms with E-state index < -0.39 is 11.4 Å². The fourth-order valence-electron chi connectivity index (χ4n) is 3.78. The lowest BCUT2D eigenvalue weighted by molar-refractivity contribution is 0.0670. The third kappa shape index (κ3) is 3.87. The summed E-state index contributed by atoms with van der Waals surface area (Å²) < 4.78 is 6.45.